The standard InChI is InChI=1S/C30H49NO4/c1-16-8-11-30(25(31)35)13-12-28(6)18(22(30)17(16)2)14-19(32)23-27(5)15-20(33)24(34)26(3,4)21(27)9-10-29(23,28)7/h14,16-17,19-24,32-34H,8-13,15H2,1-7H3,(H2,31,35)/t16-,17+,19?,20-,21?,22?,23?,24+,27+,28-,29-,30+/m1/s1. The number of aliphatic hydroxyl groups excluding tert-OH is 3. The molecule has 4 unspecified atom stereocenters. The summed E-state index contributed by atoms with van der Waals surface area (Å²) in [6.45, 7) is 15.8. The van der Waals surface area contributed by atoms with Crippen molar-refractivity contribution in [1.29, 1.82) is 0 Å². The first-order valence-corrected chi connectivity index (χ1v) is 14.1. The molecule has 1 amide bonds. The van der Waals surface area contributed by atoms with Crippen LogP contribution in [-0.4, -0.2) is 39.5 Å². The van der Waals surface area contributed by atoms with Crippen molar-refractivity contribution in [2.75, 3.05) is 0 Å². The molecule has 35 heavy (non-hydrogen) atoms. The number of allylic oxidation sites excluding steroid dienone is 1. The van der Waals surface area contributed by atoms with Crippen LogP contribution in [0.15, 0.2) is 11.6 Å². The first-order valence-electron chi connectivity index (χ1n) is 14.1. The van der Waals surface area contributed by atoms with Gasteiger partial charge in [0.05, 0.1) is 23.7 Å². The van der Waals surface area contributed by atoms with E-state index in [1.54, 1.807) is 0 Å². The molecule has 0 heterocycles. The molecule has 12 atom stereocenters. The minimum absolute atomic E-state index is 0.0127. The van der Waals surface area contributed by atoms with Crippen molar-refractivity contribution in [2.24, 2.45) is 62.4 Å². The van der Waals surface area contributed by atoms with Gasteiger partial charge in [0, 0.05) is 5.92 Å². The van der Waals surface area contributed by atoms with E-state index in [1.807, 2.05) is 0 Å². The molecule has 0 aromatic rings. The van der Waals surface area contributed by atoms with Gasteiger partial charge in [0.2, 0.25) is 5.91 Å². The second-order valence-electron chi connectivity index (χ2n) is 14.8. The van der Waals surface area contributed by atoms with Crippen LogP contribution in [0.25, 0.3) is 0 Å². The Morgan fingerprint density at radius 2 is 1.63 bits per heavy atom. The highest BCUT2D eigenvalue weighted by Crippen LogP contribution is 2.75. The number of amides is 1. The highest BCUT2D eigenvalue weighted by Gasteiger charge is 2.71. The molecule has 0 aromatic carbocycles. The van der Waals surface area contributed by atoms with E-state index in [0.29, 0.717) is 18.3 Å². The quantitative estimate of drug-likeness (QED) is 0.411. The first-order chi connectivity index (χ1) is 16.1. The highest BCUT2D eigenvalue weighted by molar-refractivity contribution is 5.82. The van der Waals surface area contributed by atoms with Crippen molar-refractivity contribution >= 4 is 5.91 Å². The molecule has 0 bridgehead atoms. The Labute approximate surface area is 211 Å². The largest absolute Gasteiger partial charge is 0.390 e. The van der Waals surface area contributed by atoms with Crippen molar-refractivity contribution < 1.29 is 20.1 Å². The third-order valence-corrected chi connectivity index (χ3v) is 13.4. The molecule has 5 nitrogen and oxygen atoms in total. The Balaban J connectivity index is 1.67. The lowest BCUT2D eigenvalue weighted by atomic mass is 9.32. The van der Waals surface area contributed by atoms with Gasteiger partial charge in [0.15, 0.2) is 0 Å². The third-order valence-electron chi connectivity index (χ3n) is 13.4. The Bertz CT molecular complexity index is 945. The van der Waals surface area contributed by atoms with Gasteiger partial charge >= 0.3 is 0 Å². The topological polar surface area (TPSA) is 104 Å². The first kappa shape index (κ1) is 25.7. The average Bonchev–Trinajstić information content (AvgIpc) is 2.75. The molecule has 0 aromatic heterocycles. The number of fused-ring (bicyclic) bond motifs is 7. The van der Waals surface area contributed by atoms with Gasteiger partial charge in [-0.15, -0.1) is 0 Å². The number of carbonyl (C=O) groups excluding carboxylic acids is 1. The Kier molecular flexibility index (Phi) is 5.56. The maximum atomic E-state index is 13.0. The summed E-state index contributed by atoms with van der Waals surface area (Å²) in [6.07, 6.45) is 6.06. The van der Waals surface area contributed by atoms with Gasteiger partial charge < -0.3 is 21.1 Å². The predicted octanol–water partition coefficient (Wildman–Crippen LogP) is 4.43. The smallest absolute Gasteiger partial charge is 0.224 e. The molecule has 4 fully saturated rings. The highest BCUT2D eigenvalue weighted by atomic mass is 16.3. The summed E-state index contributed by atoms with van der Waals surface area (Å²) in [6, 6.07) is 0. The van der Waals surface area contributed by atoms with Gasteiger partial charge in [-0.05, 0) is 90.3 Å². The number of primary amides is 1. The van der Waals surface area contributed by atoms with E-state index in [2.05, 4.69) is 54.5 Å². The Morgan fingerprint density at radius 1 is 0.971 bits per heavy atom. The SMILES string of the molecule is C[C@@H]1CC[C@]2(C(N)=O)CC[C@]3(C)C(=CC(O)C4[C@@]5(C)C[C@@H](O)[C@H](O)C(C)(C)C5CC[C@]43C)C2[C@H]1C. The number of hydrogen-bond donors (Lipinski definition) is 4. The number of aliphatic hydroxyl groups is 3. The van der Waals surface area contributed by atoms with Crippen LogP contribution in [0, 0.1) is 56.7 Å². The zero-order valence-corrected chi connectivity index (χ0v) is 23.0. The van der Waals surface area contributed by atoms with Crippen molar-refractivity contribution in [3.63, 3.8) is 0 Å². The molecule has 5 N–H and O–H groups in total. The van der Waals surface area contributed by atoms with E-state index in [-0.39, 0.29) is 39.9 Å². The van der Waals surface area contributed by atoms with Gasteiger partial charge in [-0.25, -0.2) is 0 Å². The van der Waals surface area contributed by atoms with Crippen LogP contribution in [0.4, 0.5) is 0 Å². The van der Waals surface area contributed by atoms with Crippen LogP contribution < -0.4 is 5.73 Å². The lowest BCUT2D eigenvalue weighted by molar-refractivity contribution is -0.247. The van der Waals surface area contributed by atoms with Crippen LogP contribution in [0.1, 0.15) is 93.4 Å². The van der Waals surface area contributed by atoms with Crippen LogP contribution in [-0.2, 0) is 4.79 Å². The molecule has 0 aliphatic heterocycles. The fourth-order valence-electron chi connectivity index (χ4n) is 11.2. The van der Waals surface area contributed by atoms with Gasteiger partial charge in [-0.2, -0.15) is 0 Å². The second-order valence-corrected chi connectivity index (χ2v) is 14.8. The Hall–Kier alpha value is -0.910. The summed E-state index contributed by atoms with van der Waals surface area (Å²) in [7, 11) is 0. The van der Waals surface area contributed by atoms with Crippen LogP contribution in [0.3, 0.4) is 0 Å². The molecule has 5 rings (SSSR count). The number of nitrogens with two attached hydrogens (primary N) is 1. The van der Waals surface area contributed by atoms with E-state index < -0.39 is 29.1 Å². The molecule has 5 heteroatoms. The van der Waals surface area contributed by atoms with E-state index in [0.717, 1.165) is 38.5 Å². The van der Waals surface area contributed by atoms with Gasteiger partial charge in [0.25, 0.3) is 0 Å². The van der Waals surface area contributed by atoms with E-state index in [9.17, 15) is 20.1 Å². The molecular weight excluding hydrogens is 438 g/mol. The van der Waals surface area contributed by atoms with Crippen molar-refractivity contribution in [3.8, 4) is 0 Å². The molecule has 0 spiro atoms. The molecule has 4 saturated carbocycles. The summed E-state index contributed by atoms with van der Waals surface area (Å²) < 4.78 is 0. The summed E-state index contributed by atoms with van der Waals surface area (Å²) in [5.41, 5.74) is 5.95. The minimum Gasteiger partial charge on any atom is -0.390 e. The van der Waals surface area contributed by atoms with Crippen LogP contribution in [0.2, 0.25) is 0 Å². The van der Waals surface area contributed by atoms with Crippen molar-refractivity contribution in [2.45, 2.75) is 112 Å². The summed E-state index contributed by atoms with van der Waals surface area (Å²) in [5, 5.41) is 33.9. The zero-order valence-electron chi connectivity index (χ0n) is 23.0. The maximum Gasteiger partial charge on any atom is 0.224 e. The second kappa shape index (κ2) is 7.57. The summed E-state index contributed by atoms with van der Waals surface area (Å²) in [5.74, 6) is 0.987. The number of carbonyl (C=O) groups is 1. The average molecular weight is 488 g/mol. The normalized spacial score (nSPS) is 57.1. The van der Waals surface area contributed by atoms with E-state index in [4.69, 9.17) is 5.73 Å². The summed E-state index contributed by atoms with van der Waals surface area (Å²) >= 11 is 0. The maximum absolute atomic E-state index is 13.0. The minimum atomic E-state index is -0.785. The third kappa shape index (κ3) is 2.95. The molecule has 0 radical (unpaired) electrons. The van der Waals surface area contributed by atoms with E-state index >= 15 is 0 Å². The Morgan fingerprint density at radius 3 is 2.26 bits per heavy atom. The fourth-order valence-corrected chi connectivity index (χ4v) is 11.2. The molecule has 5 aliphatic rings. The van der Waals surface area contributed by atoms with Crippen molar-refractivity contribution in [1.82, 2.24) is 0 Å². The van der Waals surface area contributed by atoms with Crippen LogP contribution in [0.5, 0.6) is 0 Å². The summed E-state index contributed by atoms with van der Waals surface area (Å²) in [4.78, 5) is 13.0. The number of hydrogen-bond acceptors (Lipinski definition) is 4. The molecule has 198 valence electrons. The monoisotopic (exact) mass is 487 g/mol. The number of rotatable bonds is 1. The van der Waals surface area contributed by atoms with Crippen LogP contribution >= 0.6 is 0 Å². The lowest BCUT2D eigenvalue weighted by Gasteiger charge is -2.72. The van der Waals surface area contributed by atoms with Gasteiger partial charge in [-0.3, -0.25) is 4.79 Å². The van der Waals surface area contributed by atoms with Gasteiger partial charge in [0.1, 0.15) is 0 Å². The van der Waals surface area contributed by atoms with E-state index in [1.165, 1.54) is 5.57 Å². The fraction of sp³-hybridized carbons (Fsp3) is 0.900. The molecular formula is C30H49NO4. The zero-order chi connectivity index (χ0) is 25.9. The lowest BCUT2D eigenvalue weighted by Crippen LogP contribution is -2.69. The molecule has 0 saturated heterocycles. The molecule has 5 aliphatic carbocycles. The van der Waals surface area contributed by atoms with Crippen molar-refractivity contribution in [3.05, 3.63) is 11.6 Å². The van der Waals surface area contributed by atoms with Gasteiger partial charge in [-0.1, -0.05) is 60.1 Å². The predicted molar refractivity (Wildman–Crippen MR) is 137 cm³/mol.